The van der Waals surface area contributed by atoms with Crippen LogP contribution in [0.25, 0.3) is 10.2 Å². The van der Waals surface area contributed by atoms with Crippen LogP contribution in [0.1, 0.15) is 29.1 Å². The van der Waals surface area contributed by atoms with E-state index in [2.05, 4.69) is 10.3 Å². The van der Waals surface area contributed by atoms with Gasteiger partial charge in [0.15, 0.2) is 0 Å². The average Bonchev–Trinajstić information content (AvgIpc) is 2.86. The van der Waals surface area contributed by atoms with Gasteiger partial charge in [0, 0.05) is 20.1 Å². The summed E-state index contributed by atoms with van der Waals surface area (Å²) < 4.78 is 1.39. The minimum Gasteiger partial charge on any atom is -0.355 e. The van der Waals surface area contributed by atoms with Gasteiger partial charge in [-0.15, -0.1) is 11.3 Å². The molecule has 2 aromatic rings. The third kappa shape index (κ3) is 3.26. The van der Waals surface area contributed by atoms with Crippen LogP contribution in [-0.2, 0) is 11.8 Å². The molecule has 2 heterocycles. The van der Waals surface area contributed by atoms with Gasteiger partial charge >= 0.3 is 0 Å². The van der Waals surface area contributed by atoms with Gasteiger partial charge in [-0.3, -0.25) is 14.4 Å². The van der Waals surface area contributed by atoms with E-state index in [4.69, 9.17) is 0 Å². The second-order valence-corrected chi connectivity index (χ2v) is 6.17. The van der Waals surface area contributed by atoms with Crippen LogP contribution in [0.5, 0.6) is 0 Å². The van der Waals surface area contributed by atoms with E-state index in [0.29, 0.717) is 33.7 Å². The highest BCUT2D eigenvalue weighted by Gasteiger charge is 2.24. The van der Waals surface area contributed by atoms with Gasteiger partial charge in [0.05, 0.1) is 23.1 Å². The predicted octanol–water partition coefficient (Wildman–Crippen LogP) is 0.902. The maximum absolute atomic E-state index is 12.7. The number of hydrogen-bond donors (Lipinski definition) is 1. The summed E-state index contributed by atoms with van der Waals surface area (Å²) >= 11 is 1.19. The van der Waals surface area contributed by atoms with Crippen molar-refractivity contribution in [2.45, 2.75) is 20.8 Å². The van der Waals surface area contributed by atoms with Crippen LogP contribution in [0, 0.1) is 6.92 Å². The number of likely N-dealkylation sites (N-methyl/N-ethyl adjacent to an activating group) is 2. The Morgan fingerprint density at radius 1 is 1.39 bits per heavy atom. The first-order chi connectivity index (χ1) is 10.9. The lowest BCUT2D eigenvalue weighted by atomic mass is 10.2. The van der Waals surface area contributed by atoms with Gasteiger partial charge in [0.1, 0.15) is 4.83 Å². The van der Waals surface area contributed by atoms with Gasteiger partial charge in [0.25, 0.3) is 11.5 Å². The van der Waals surface area contributed by atoms with Crippen LogP contribution in [-0.4, -0.2) is 45.9 Å². The molecule has 2 rings (SSSR count). The molecular weight excluding hydrogens is 316 g/mol. The van der Waals surface area contributed by atoms with E-state index in [-0.39, 0.29) is 23.9 Å². The summed E-state index contributed by atoms with van der Waals surface area (Å²) in [6, 6.07) is 0. The minimum atomic E-state index is -0.249. The highest BCUT2D eigenvalue weighted by molar-refractivity contribution is 7.20. The highest BCUT2D eigenvalue weighted by Crippen LogP contribution is 2.27. The maximum atomic E-state index is 12.7. The second-order valence-electron chi connectivity index (χ2n) is 5.17. The first-order valence-corrected chi connectivity index (χ1v) is 8.23. The van der Waals surface area contributed by atoms with Crippen molar-refractivity contribution in [1.82, 2.24) is 19.8 Å². The molecule has 124 valence electrons. The van der Waals surface area contributed by atoms with Gasteiger partial charge < -0.3 is 14.8 Å². The number of carbonyl (C=O) groups excluding carboxylic acids is 2. The maximum Gasteiger partial charge on any atom is 0.264 e. The molecule has 0 saturated carbocycles. The lowest BCUT2D eigenvalue weighted by Crippen LogP contribution is -2.40. The number of fused-ring (bicyclic) bond motifs is 1. The van der Waals surface area contributed by atoms with Gasteiger partial charge in [0.2, 0.25) is 5.91 Å². The van der Waals surface area contributed by atoms with Crippen molar-refractivity contribution in [3.05, 3.63) is 27.1 Å². The van der Waals surface area contributed by atoms with E-state index in [9.17, 15) is 14.4 Å². The first kappa shape index (κ1) is 17.1. The van der Waals surface area contributed by atoms with Gasteiger partial charge in [-0.1, -0.05) is 0 Å². The van der Waals surface area contributed by atoms with E-state index in [1.165, 1.54) is 27.1 Å². The van der Waals surface area contributed by atoms with Gasteiger partial charge in [-0.25, -0.2) is 4.98 Å². The number of nitrogens with one attached hydrogen (secondary N) is 1. The van der Waals surface area contributed by atoms with Crippen molar-refractivity contribution in [3.8, 4) is 0 Å². The number of aryl methyl sites for hydroxylation is 2. The molecule has 0 spiro atoms. The Morgan fingerprint density at radius 2 is 2.09 bits per heavy atom. The van der Waals surface area contributed by atoms with Crippen molar-refractivity contribution in [3.63, 3.8) is 0 Å². The molecule has 1 N–H and O–H groups in total. The summed E-state index contributed by atoms with van der Waals surface area (Å²) in [7, 11) is 1.63. The lowest BCUT2D eigenvalue weighted by molar-refractivity contribution is -0.121. The van der Waals surface area contributed by atoms with Gasteiger partial charge in [-0.2, -0.15) is 0 Å². The van der Waals surface area contributed by atoms with E-state index >= 15 is 0 Å². The number of carbonyl (C=O) groups is 2. The third-order valence-corrected chi connectivity index (χ3v) is 4.77. The normalized spacial score (nSPS) is 10.8. The van der Waals surface area contributed by atoms with Crippen molar-refractivity contribution >= 4 is 33.4 Å². The predicted molar refractivity (Wildman–Crippen MR) is 89.9 cm³/mol. The molecule has 0 radical (unpaired) electrons. The van der Waals surface area contributed by atoms with Crippen molar-refractivity contribution in [2.24, 2.45) is 7.05 Å². The Morgan fingerprint density at radius 3 is 2.70 bits per heavy atom. The molecule has 0 saturated heterocycles. The van der Waals surface area contributed by atoms with Crippen LogP contribution in [0.3, 0.4) is 0 Å². The molecule has 0 unspecified atom stereocenters. The number of rotatable bonds is 5. The first-order valence-electron chi connectivity index (χ1n) is 7.41. The Bertz CT molecular complexity index is 809. The molecule has 23 heavy (non-hydrogen) atoms. The summed E-state index contributed by atoms with van der Waals surface area (Å²) in [6.07, 6.45) is 1.45. The molecule has 8 heteroatoms. The van der Waals surface area contributed by atoms with E-state index in [1.807, 2.05) is 13.8 Å². The zero-order valence-electron chi connectivity index (χ0n) is 13.7. The van der Waals surface area contributed by atoms with Gasteiger partial charge in [-0.05, 0) is 26.3 Å². The molecule has 0 fully saturated rings. The number of aromatic nitrogens is 2. The summed E-state index contributed by atoms with van der Waals surface area (Å²) in [5.74, 6) is -0.447. The quantitative estimate of drug-likeness (QED) is 0.879. The summed E-state index contributed by atoms with van der Waals surface area (Å²) in [4.78, 5) is 43.4. The second kappa shape index (κ2) is 6.91. The van der Waals surface area contributed by atoms with Crippen molar-refractivity contribution in [2.75, 3.05) is 19.6 Å². The van der Waals surface area contributed by atoms with Crippen molar-refractivity contribution < 1.29 is 9.59 Å². The zero-order valence-corrected chi connectivity index (χ0v) is 14.5. The lowest BCUT2D eigenvalue weighted by Gasteiger charge is -2.19. The number of nitrogens with zero attached hydrogens (tertiary/aromatic N) is 3. The van der Waals surface area contributed by atoms with Crippen LogP contribution in [0.4, 0.5) is 0 Å². The molecule has 0 aliphatic carbocycles. The minimum absolute atomic E-state index is 0.00228. The van der Waals surface area contributed by atoms with E-state index in [0.717, 1.165) is 0 Å². The number of hydrogen-bond acceptors (Lipinski definition) is 5. The molecule has 0 aromatic carbocycles. The Labute approximate surface area is 137 Å². The highest BCUT2D eigenvalue weighted by atomic mass is 32.1. The fraction of sp³-hybridized carbons (Fsp3) is 0.467. The Kier molecular flexibility index (Phi) is 5.15. The van der Waals surface area contributed by atoms with Crippen molar-refractivity contribution in [1.29, 1.82) is 0 Å². The fourth-order valence-electron chi connectivity index (χ4n) is 2.31. The summed E-state index contributed by atoms with van der Waals surface area (Å²) in [5.41, 5.74) is 0.452. The third-order valence-electron chi connectivity index (χ3n) is 3.58. The molecule has 2 amide bonds. The molecule has 7 nitrogen and oxygen atoms in total. The SMILES string of the molecule is CCNC(=O)CN(CC)C(=O)c1sc2ncn(C)c(=O)c2c1C. The fourth-order valence-corrected chi connectivity index (χ4v) is 3.42. The molecular formula is C15H20N4O3S. The Balaban J connectivity index is 2.40. The molecule has 0 aliphatic heterocycles. The topological polar surface area (TPSA) is 84.3 Å². The standard InChI is InChI=1S/C15H20N4O3S/c1-5-16-10(20)7-19(6-2)15(22)12-9(3)11-13(23-12)17-8-18(4)14(11)21/h8H,5-7H2,1-4H3,(H,16,20). The van der Waals surface area contributed by atoms with Crippen LogP contribution in [0.2, 0.25) is 0 Å². The largest absolute Gasteiger partial charge is 0.355 e. The van der Waals surface area contributed by atoms with E-state index in [1.54, 1.807) is 14.0 Å². The molecule has 0 bridgehead atoms. The summed E-state index contributed by atoms with van der Waals surface area (Å²) in [6.45, 7) is 6.32. The molecule has 2 aromatic heterocycles. The monoisotopic (exact) mass is 336 g/mol. The zero-order chi connectivity index (χ0) is 17.1. The van der Waals surface area contributed by atoms with Crippen LogP contribution in [0.15, 0.2) is 11.1 Å². The molecule has 0 atom stereocenters. The van der Waals surface area contributed by atoms with E-state index < -0.39 is 0 Å². The average molecular weight is 336 g/mol. The van der Waals surface area contributed by atoms with Crippen LogP contribution < -0.4 is 10.9 Å². The number of amides is 2. The summed E-state index contributed by atoms with van der Waals surface area (Å²) in [5, 5.41) is 3.15. The number of thiophene rings is 1. The van der Waals surface area contributed by atoms with Crippen LogP contribution >= 0.6 is 11.3 Å². The molecule has 0 aliphatic rings. The smallest absolute Gasteiger partial charge is 0.264 e. The Hall–Kier alpha value is -2.22.